The summed E-state index contributed by atoms with van der Waals surface area (Å²) in [5.74, 6) is -0.916. The second-order valence-corrected chi connectivity index (χ2v) is 3.87. The van der Waals surface area contributed by atoms with E-state index in [1.807, 2.05) is 0 Å². The summed E-state index contributed by atoms with van der Waals surface area (Å²) in [7, 11) is 0. The number of nitriles is 1. The average Bonchev–Trinajstić information content (AvgIpc) is 2.36. The van der Waals surface area contributed by atoms with Gasteiger partial charge < -0.3 is 4.74 Å². The van der Waals surface area contributed by atoms with Gasteiger partial charge in [0.05, 0.1) is 23.5 Å². The van der Waals surface area contributed by atoms with Gasteiger partial charge in [0, 0.05) is 6.07 Å². The van der Waals surface area contributed by atoms with Crippen LogP contribution in [0.3, 0.4) is 0 Å². The molecule has 0 saturated carbocycles. The fourth-order valence-corrected chi connectivity index (χ4v) is 1.65. The monoisotopic (exact) mass is 302 g/mol. The predicted octanol–water partition coefficient (Wildman–Crippen LogP) is 2.59. The first-order valence-corrected chi connectivity index (χ1v) is 5.65. The van der Waals surface area contributed by atoms with Crippen LogP contribution in [0.1, 0.15) is 23.6 Å². The van der Waals surface area contributed by atoms with Crippen LogP contribution < -0.4 is 0 Å². The van der Waals surface area contributed by atoms with E-state index in [4.69, 9.17) is 5.26 Å². The summed E-state index contributed by atoms with van der Waals surface area (Å²) < 4.78 is 43.3. The molecule has 0 N–H and O–H groups in total. The molecule has 9 heteroatoms. The fraction of sp³-hybridized carbons (Fsp3) is 0.333. The Hall–Kier alpha value is -2.63. The number of esters is 1. The number of nitrogens with zero attached hydrogens (tertiary/aromatic N) is 2. The summed E-state index contributed by atoms with van der Waals surface area (Å²) in [6.07, 6.45) is -5.62. The number of carbonyl (C=O) groups is 1. The molecule has 21 heavy (non-hydrogen) atoms. The maximum Gasteiger partial charge on any atom is 0.416 e. The summed E-state index contributed by atoms with van der Waals surface area (Å²) in [6.45, 7) is 1.47. The van der Waals surface area contributed by atoms with Crippen LogP contribution in [0.25, 0.3) is 0 Å². The van der Waals surface area contributed by atoms with Gasteiger partial charge in [-0.2, -0.15) is 18.4 Å². The molecule has 0 radical (unpaired) electrons. The van der Waals surface area contributed by atoms with Crippen LogP contribution in [0.4, 0.5) is 18.9 Å². The highest BCUT2D eigenvalue weighted by atomic mass is 19.4. The highest BCUT2D eigenvalue weighted by Gasteiger charge is 2.36. The fourth-order valence-electron chi connectivity index (χ4n) is 1.65. The van der Waals surface area contributed by atoms with Crippen molar-refractivity contribution in [3.05, 3.63) is 38.9 Å². The van der Waals surface area contributed by atoms with Crippen molar-refractivity contribution in [1.82, 2.24) is 0 Å². The van der Waals surface area contributed by atoms with E-state index in [0.29, 0.717) is 6.07 Å². The minimum absolute atomic E-state index is 0.0156. The lowest BCUT2D eigenvalue weighted by Crippen LogP contribution is -2.15. The number of hydrogen-bond acceptors (Lipinski definition) is 5. The molecule has 1 aromatic rings. The van der Waals surface area contributed by atoms with Crippen LogP contribution in [0.2, 0.25) is 0 Å². The summed E-state index contributed by atoms with van der Waals surface area (Å²) in [6, 6.07) is 2.39. The van der Waals surface area contributed by atoms with Crippen molar-refractivity contribution in [3.63, 3.8) is 0 Å². The molecule has 0 aliphatic rings. The van der Waals surface area contributed by atoms with Gasteiger partial charge in [-0.1, -0.05) is 0 Å². The SMILES string of the molecule is CCOC(=O)Cc1cc(C#N)c([N+](=O)[O-])cc1C(F)(F)F. The van der Waals surface area contributed by atoms with Crippen LogP contribution >= 0.6 is 0 Å². The Labute approximate surface area is 116 Å². The first-order valence-electron chi connectivity index (χ1n) is 5.65. The first kappa shape index (κ1) is 16.4. The van der Waals surface area contributed by atoms with E-state index >= 15 is 0 Å². The van der Waals surface area contributed by atoms with E-state index in [-0.39, 0.29) is 12.7 Å². The molecule has 1 rings (SSSR count). The Morgan fingerprint density at radius 2 is 2.10 bits per heavy atom. The largest absolute Gasteiger partial charge is 0.466 e. The molecule has 1 aromatic carbocycles. The molecule has 0 aliphatic carbocycles. The van der Waals surface area contributed by atoms with Crippen LogP contribution in [-0.4, -0.2) is 17.5 Å². The third-order valence-corrected chi connectivity index (χ3v) is 2.48. The standard InChI is InChI=1S/C12H9F3N2O4/c1-2-21-11(18)4-7-3-8(6-16)10(17(19)20)5-9(7)12(13,14)15/h3,5H,2,4H2,1H3. The van der Waals surface area contributed by atoms with Crippen molar-refractivity contribution < 1.29 is 27.6 Å². The Morgan fingerprint density at radius 1 is 1.48 bits per heavy atom. The van der Waals surface area contributed by atoms with Gasteiger partial charge in [-0.15, -0.1) is 0 Å². The first-order chi connectivity index (χ1) is 9.70. The maximum atomic E-state index is 12.9. The zero-order valence-corrected chi connectivity index (χ0v) is 10.7. The second kappa shape index (κ2) is 6.21. The topological polar surface area (TPSA) is 93.2 Å². The maximum absolute atomic E-state index is 12.9. The predicted molar refractivity (Wildman–Crippen MR) is 63.2 cm³/mol. The van der Waals surface area contributed by atoms with Crippen molar-refractivity contribution in [3.8, 4) is 6.07 Å². The summed E-state index contributed by atoms with van der Waals surface area (Å²) in [4.78, 5) is 20.9. The minimum Gasteiger partial charge on any atom is -0.466 e. The van der Waals surface area contributed by atoms with Crippen LogP contribution in [0.15, 0.2) is 12.1 Å². The molecule has 0 amide bonds. The zero-order valence-electron chi connectivity index (χ0n) is 10.7. The van der Waals surface area contributed by atoms with Gasteiger partial charge in [0.15, 0.2) is 0 Å². The van der Waals surface area contributed by atoms with Gasteiger partial charge in [0.25, 0.3) is 5.69 Å². The number of halogens is 3. The van der Waals surface area contributed by atoms with Crippen molar-refractivity contribution in [2.24, 2.45) is 0 Å². The van der Waals surface area contributed by atoms with Gasteiger partial charge in [-0.25, -0.2) is 0 Å². The Bertz CT molecular complexity index is 620. The quantitative estimate of drug-likeness (QED) is 0.484. The lowest BCUT2D eigenvalue weighted by atomic mass is 9.99. The molecule has 0 unspecified atom stereocenters. The number of ether oxygens (including phenoxy) is 1. The Balaban J connectivity index is 3.44. The van der Waals surface area contributed by atoms with Gasteiger partial charge in [0.2, 0.25) is 0 Å². The number of nitro groups is 1. The smallest absolute Gasteiger partial charge is 0.416 e. The van der Waals surface area contributed by atoms with E-state index in [0.717, 1.165) is 0 Å². The third-order valence-electron chi connectivity index (χ3n) is 2.48. The number of carbonyl (C=O) groups excluding carboxylic acids is 1. The molecule has 0 aromatic heterocycles. The molecule has 6 nitrogen and oxygen atoms in total. The van der Waals surface area contributed by atoms with Gasteiger partial charge in [-0.3, -0.25) is 14.9 Å². The summed E-state index contributed by atoms with van der Waals surface area (Å²) in [5, 5.41) is 19.5. The third kappa shape index (κ3) is 3.92. The van der Waals surface area contributed by atoms with Crippen molar-refractivity contribution in [2.75, 3.05) is 6.61 Å². The highest BCUT2D eigenvalue weighted by Crippen LogP contribution is 2.36. The molecule has 0 heterocycles. The zero-order chi connectivity index (χ0) is 16.2. The molecule has 0 aliphatic heterocycles. The average molecular weight is 302 g/mol. The van der Waals surface area contributed by atoms with E-state index in [2.05, 4.69) is 4.74 Å². The number of hydrogen-bond donors (Lipinski definition) is 0. The van der Waals surface area contributed by atoms with Gasteiger partial charge in [-0.05, 0) is 18.6 Å². The lowest BCUT2D eigenvalue weighted by Gasteiger charge is -2.13. The number of rotatable bonds is 4. The molecule has 0 fully saturated rings. The van der Waals surface area contributed by atoms with E-state index in [1.165, 1.54) is 13.0 Å². The van der Waals surface area contributed by atoms with E-state index < -0.39 is 45.9 Å². The second-order valence-electron chi connectivity index (χ2n) is 3.87. The molecular formula is C12H9F3N2O4. The highest BCUT2D eigenvalue weighted by molar-refractivity contribution is 5.74. The Kier molecular flexibility index (Phi) is 4.86. The van der Waals surface area contributed by atoms with Crippen LogP contribution in [0.5, 0.6) is 0 Å². The summed E-state index contributed by atoms with van der Waals surface area (Å²) in [5.41, 5.74) is -3.38. The Morgan fingerprint density at radius 3 is 2.52 bits per heavy atom. The van der Waals surface area contributed by atoms with E-state index in [9.17, 15) is 28.1 Å². The number of alkyl halides is 3. The molecule has 0 saturated heterocycles. The molecular weight excluding hydrogens is 293 g/mol. The summed E-state index contributed by atoms with van der Waals surface area (Å²) >= 11 is 0. The normalized spacial score (nSPS) is 10.8. The van der Waals surface area contributed by atoms with Crippen molar-refractivity contribution in [1.29, 1.82) is 5.26 Å². The molecule has 0 bridgehead atoms. The van der Waals surface area contributed by atoms with Crippen molar-refractivity contribution >= 4 is 11.7 Å². The molecule has 0 spiro atoms. The molecule has 112 valence electrons. The van der Waals surface area contributed by atoms with Gasteiger partial charge >= 0.3 is 12.1 Å². The number of nitro benzene ring substituents is 1. The van der Waals surface area contributed by atoms with Gasteiger partial charge in [0.1, 0.15) is 11.6 Å². The van der Waals surface area contributed by atoms with E-state index in [1.54, 1.807) is 0 Å². The molecule has 0 atom stereocenters. The number of benzene rings is 1. The minimum atomic E-state index is -4.89. The van der Waals surface area contributed by atoms with Crippen LogP contribution in [-0.2, 0) is 22.1 Å². The van der Waals surface area contributed by atoms with Crippen LogP contribution in [0, 0.1) is 21.4 Å². The van der Waals surface area contributed by atoms with Crippen molar-refractivity contribution in [2.45, 2.75) is 19.5 Å². The lowest BCUT2D eigenvalue weighted by molar-refractivity contribution is -0.385.